The van der Waals surface area contributed by atoms with Crippen LogP contribution in [-0.4, -0.2) is 28.1 Å². The maximum atomic E-state index is 12.0. The normalized spacial score (nSPS) is 10.6. The number of amides is 1. The van der Waals surface area contributed by atoms with E-state index in [1.54, 1.807) is 25.6 Å². The quantitative estimate of drug-likeness (QED) is 0.585. The van der Waals surface area contributed by atoms with Gasteiger partial charge in [-0.25, -0.2) is 0 Å². The number of unbranched alkanes of at least 4 members (excludes halogenated alkanes) is 1. The molecular formula is C20H22N4O3. The maximum Gasteiger partial charge on any atom is 0.246 e. The van der Waals surface area contributed by atoms with Gasteiger partial charge in [0.25, 0.3) is 0 Å². The zero-order valence-electron chi connectivity index (χ0n) is 15.2. The second kappa shape index (κ2) is 9.47. The Kier molecular flexibility index (Phi) is 6.51. The van der Waals surface area contributed by atoms with E-state index in [9.17, 15) is 4.79 Å². The molecule has 2 heterocycles. The van der Waals surface area contributed by atoms with Gasteiger partial charge in [-0.1, -0.05) is 17.3 Å². The van der Waals surface area contributed by atoms with E-state index in [1.807, 2.05) is 30.3 Å². The molecule has 0 aliphatic rings. The van der Waals surface area contributed by atoms with E-state index in [2.05, 4.69) is 20.4 Å². The van der Waals surface area contributed by atoms with Crippen LogP contribution in [0, 0.1) is 0 Å². The van der Waals surface area contributed by atoms with Gasteiger partial charge in [0.2, 0.25) is 17.6 Å². The van der Waals surface area contributed by atoms with Crippen LogP contribution in [0.2, 0.25) is 0 Å². The minimum Gasteiger partial charge on any atom is -0.497 e. The SMILES string of the molecule is COc1ccc(CCCCC(=O)NCc2nc(-c3cccnc3)no2)cc1. The van der Waals surface area contributed by atoms with Gasteiger partial charge in [0.15, 0.2) is 0 Å². The number of ether oxygens (including phenoxy) is 1. The molecular weight excluding hydrogens is 344 g/mol. The van der Waals surface area contributed by atoms with Gasteiger partial charge in [0.05, 0.1) is 13.7 Å². The van der Waals surface area contributed by atoms with Crippen LogP contribution >= 0.6 is 0 Å². The van der Waals surface area contributed by atoms with Gasteiger partial charge in [0, 0.05) is 24.4 Å². The predicted octanol–water partition coefficient (Wildman–Crippen LogP) is 3.17. The van der Waals surface area contributed by atoms with Crippen LogP contribution in [0.4, 0.5) is 0 Å². The van der Waals surface area contributed by atoms with Crippen molar-refractivity contribution in [3.05, 3.63) is 60.2 Å². The Morgan fingerprint density at radius 2 is 2.04 bits per heavy atom. The Balaban J connectivity index is 1.35. The third kappa shape index (κ3) is 5.64. The molecule has 0 aliphatic heterocycles. The van der Waals surface area contributed by atoms with Crippen LogP contribution in [-0.2, 0) is 17.8 Å². The molecule has 0 radical (unpaired) electrons. The Morgan fingerprint density at radius 3 is 2.78 bits per heavy atom. The lowest BCUT2D eigenvalue weighted by Gasteiger charge is -2.04. The number of aryl methyl sites for hydroxylation is 1. The minimum atomic E-state index is -0.0224. The average Bonchev–Trinajstić information content (AvgIpc) is 3.20. The third-order valence-corrected chi connectivity index (χ3v) is 4.10. The van der Waals surface area contributed by atoms with Gasteiger partial charge >= 0.3 is 0 Å². The number of hydrogen-bond donors (Lipinski definition) is 1. The lowest BCUT2D eigenvalue weighted by molar-refractivity contribution is -0.121. The summed E-state index contributed by atoms with van der Waals surface area (Å²) < 4.78 is 10.3. The number of methoxy groups -OCH3 is 1. The number of pyridine rings is 1. The molecule has 0 unspecified atom stereocenters. The van der Waals surface area contributed by atoms with Crippen molar-refractivity contribution in [2.24, 2.45) is 0 Å². The second-order valence-electron chi connectivity index (χ2n) is 6.09. The summed E-state index contributed by atoms with van der Waals surface area (Å²) in [6.45, 7) is 0.227. The Bertz CT molecular complexity index is 847. The zero-order chi connectivity index (χ0) is 18.9. The van der Waals surface area contributed by atoms with Crippen LogP contribution < -0.4 is 10.1 Å². The summed E-state index contributed by atoms with van der Waals surface area (Å²) in [4.78, 5) is 20.2. The van der Waals surface area contributed by atoms with Gasteiger partial charge < -0.3 is 14.6 Å². The molecule has 0 spiro atoms. The topological polar surface area (TPSA) is 90.1 Å². The highest BCUT2D eigenvalue weighted by Crippen LogP contribution is 2.14. The zero-order valence-corrected chi connectivity index (χ0v) is 15.2. The molecule has 7 heteroatoms. The first-order valence-electron chi connectivity index (χ1n) is 8.87. The average molecular weight is 366 g/mol. The van der Waals surface area contributed by atoms with Crippen molar-refractivity contribution in [1.29, 1.82) is 0 Å². The van der Waals surface area contributed by atoms with Gasteiger partial charge in [0.1, 0.15) is 5.75 Å². The monoisotopic (exact) mass is 366 g/mol. The predicted molar refractivity (Wildman–Crippen MR) is 99.9 cm³/mol. The second-order valence-corrected chi connectivity index (χ2v) is 6.09. The molecule has 0 atom stereocenters. The van der Waals surface area contributed by atoms with Crippen molar-refractivity contribution in [2.45, 2.75) is 32.2 Å². The summed E-state index contributed by atoms with van der Waals surface area (Å²) in [7, 11) is 1.65. The number of carbonyl (C=O) groups excluding carboxylic acids is 1. The number of benzene rings is 1. The molecule has 140 valence electrons. The minimum absolute atomic E-state index is 0.0224. The highest BCUT2D eigenvalue weighted by molar-refractivity contribution is 5.75. The highest BCUT2D eigenvalue weighted by atomic mass is 16.5. The van der Waals surface area contributed by atoms with E-state index in [-0.39, 0.29) is 12.5 Å². The van der Waals surface area contributed by atoms with E-state index in [0.29, 0.717) is 18.1 Å². The van der Waals surface area contributed by atoms with Gasteiger partial charge in [-0.3, -0.25) is 9.78 Å². The van der Waals surface area contributed by atoms with Crippen LogP contribution in [0.1, 0.15) is 30.7 Å². The maximum absolute atomic E-state index is 12.0. The number of nitrogens with zero attached hydrogens (tertiary/aromatic N) is 3. The third-order valence-electron chi connectivity index (χ3n) is 4.10. The van der Waals surface area contributed by atoms with Crippen molar-refractivity contribution < 1.29 is 14.1 Å². The first kappa shape index (κ1) is 18.6. The molecule has 2 aromatic heterocycles. The summed E-state index contributed by atoms with van der Waals surface area (Å²) >= 11 is 0. The molecule has 3 aromatic rings. The summed E-state index contributed by atoms with van der Waals surface area (Å²) in [5.74, 6) is 1.67. The first-order chi connectivity index (χ1) is 13.2. The number of hydrogen-bond acceptors (Lipinski definition) is 6. The molecule has 0 saturated carbocycles. The van der Waals surface area contributed by atoms with Crippen molar-refractivity contribution in [3.63, 3.8) is 0 Å². The Hall–Kier alpha value is -3.22. The van der Waals surface area contributed by atoms with Crippen LogP contribution in [0.25, 0.3) is 11.4 Å². The van der Waals surface area contributed by atoms with Crippen molar-refractivity contribution >= 4 is 5.91 Å². The summed E-state index contributed by atoms with van der Waals surface area (Å²) in [5.41, 5.74) is 2.02. The number of aromatic nitrogens is 3. The molecule has 7 nitrogen and oxygen atoms in total. The summed E-state index contributed by atoms with van der Waals surface area (Å²) in [6.07, 6.45) is 6.53. The van der Waals surface area contributed by atoms with E-state index in [1.165, 1.54) is 5.56 Å². The molecule has 0 saturated heterocycles. The van der Waals surface area contributed by atoms with Gasteiger partial charge in [-0.15, -0.1) is 0 Å². The Labute approximate surface area is 157 Å². The molecule has 3 rings (SSSR count). The lowest BCUT2D eigenvalue weighted by Crippen LogP contribution is -2.22. The summed E-state index contributed by atoms with van der Waals surface area (Å²) in [5, 5.41) is 6.71. The number of carbonyl (C=O) groups is 1. The number of rotatable bonds is 9. The molecule has 0 fully saturated rings. The molecule has 0 bridgehead atoms. The van der Waals surface area contributed by atoms with E-state index >= 15 is 0 Å². The van der Waals surface area contributed by atoms with Crippen molar-refractivity contribution in [1.82, 2.24) is 20.4 Å². The highest BCUT2D eigenvalue weighted by Gasteiger charge is 2.10. The van der Waals surface area contributed by atoms with Crippen molar-refractivity contribution in [2.75, 3.05) is 7.11 Å². The van der Waals surface area contributed by atoms with Crippen LogP contribution in [0.15, 0.2) is 53.3 Å². The van der Waals surface area contributed by atoms with Crippen LogP contribution in [0.3, 0.4) is 0 Å². The first-order valence-corrected chi connectivity index (χ1v) is 8.87. The Morgan fingerprint density at radius 1 is 1.19 bits per heavy atom. The summed E-state index contributed by atoms with van der Waals surface area (Å²) in [6, 6.07) is 11.7. The smallest absolute Gasteiger partial charge is 0.246 e. The fourth-order valence-corrected chi connectivity index (χ4v) is 2.61. The van der Waals surface area contributed by atoms with Crippen LogP contribution in [0.5, 0.6) is 5.75 Å². The fraction of sp³-hybridized carbons (Fsp3) is 0.300. The standard InChI is InChI=1S/C20H22N4O3/c1-26-17-10-8-15(9-11-17)5-2-3-7-18(25)22-14-19-23-20(24-27-19)16-6-4-12-21-13-16/h4,6,8-13H,2-3,5,7,14H2,1H3,(H,22,25). The van der Waals surface area contributed by atoms with E-state index in [0.717, 1.165) is 30.6 Å². The van der Waals surface area contributed by atoms with Crippen molar-refractivity contribution in [3.8, 4) is 17.1 Å². The van der Waals surface area contributed by atoms with E-state index < -0.39 is 0 Å². The lowest BCUT2D eigenvalue weighted by atomic mass is 10.1. The molecule has 1 amide bonds. The van der Waals surface area contributed by atoms with Gasteiger partial charge in [-0.05, 0) is 49.1 Å². The van der Waals surface area contributed by atoms with Gasteiger partial charge in [-0.2, -0.15) is 4.98 Å². The molecule has 27 heavy (non-hydrogen) atoms. The number of nitrogens with one attached hydrogen (secondary N) is 1. The fourth-order valence-electron chi connectivity index (χ4n) is 2.61. The molecule has 1 aromatic carbocycles. The molecule has 1 N–H and O–H groups in total. The largest absolute Gasteiger partial charge is 0.497 e. The van der Waals surface area contributed by atoms with E-state index in [4.69, 9.17) is 9.26 Å². The molecule has 0 aliphatic carbocycles.